The number of thiophene rings is 1. The molecular formula is C16H21NS. The Bertz CT molecular complexity index is 447. The van der Waals surface area contributed by atoms with Gasteiger partial charge in [-0.15, -0.1) is 11.3 Å². The fourth-order valence-corrected chi connectivity index (χ4v) is 2.88. The van der Waals surface area contributed by atoms with Crippen LogP contribution in [0.3, 0.4) is 0 Å². The Labute approximate surface area is 114 Å². The second kappa shape index (κ2) is 7.34. The quantitative estimate of drug-likeness (QED) is 0.736. The van der Waals surface area contributed by atoms with E-state index >= 15 is 0 Å². The topological polar surface area (TPSA) is 12.0 Å². The number of nitrogens with one attached hydrogen (secondary N) is 1. The molecule has 0 atom stereocenters. The maximum atomic E-state index is 3.51. The third-order valence-corrected chi connectivity index (χ3v) is 4.01. The number of aryl methyl sites for hydroxylation is 2. The summed E-state index contributed by atoms with van der Waals surface area (Å²) < 4.78 is 0. The Morgan fingerprint density at radius 3 is 2.56 bits per heavy atom. The van der Waals surface area contributed by atoms with Crippen molar-refractivity contribution in [2.75, 3.05) is 6.54 Å². The minimum absolute atomic E-state index is 1.02. The highest BCUT2D eigenvalue weighted by atomic mass is 32.1. The predicted molar refractivity (Wildman–Crippen MR) is 80.1 cm³/mol. The molecule has 2 heteroatoms. The molecule has 1 aromatic heterocycles. The summed E-state index contributed by atoms with van der Waals surface area (Å²) in [6.45, 7) is 4.29. The van der Waals surface area contributed by atoms with Crippen molar-refractivity contribution in [2.45, 2.75) is 32.7 Å². The lowest BCUT2D eigenvalue weighted by Gasteiger charge is -2.03. The molecule has 0 aliphatic rings. The van der Waals surface area contributed by atoms with Gasteiger partial charge < -0.3 is 5.32 Å². The highest BCUT2D eigenvalue weighted by Gasteiger charge is 1.96. The van der Waals surface area contributed by atoms with E-state index in [9.17, 15) is 0 Å². The molecule has 0 saturated carbocycles. The van der Waals surface area contributed by atoms with Gasteiger partial charge in [-0.3, -0.25) is 0 Å². The molecule has 18 heavy (non-hydrogen) atoms. The molecule has 0 spiro atoms. The fourth-order valence-electron chi connectivity index (χ4n) is 2.02. The molecule has 1 heterocycles. The van der Waals surface area contributed by atoms with E-state index in [0.29, 0.717) is 0 Å². The second-order valence-electron chi connectivity index (χ2n) is 4.63. The van der Waals surface area contributed by atoms with Gasteiger partial charge in [-0.25, -0.2) is 0 Å². The molecule has 0 saturated heterocycles. The van der Waals surface area contributed by atoms with Crippen LogP contribution in [0.4, 0.5) is 0 Å². The number of rotatable bonds is 7. The zero-order chi connectivity index (χ0) is 12.6. The zero-order valence-corrected chi connectivity index (χ0v) is 11.8. The molecule has 0 radical (unpaired) electrons. The van der Waals surface area contributed by atoms with Gasteiger partial charge in [0.05, 0.1) is 0 Å². The van der Waals surface area contributed by atoms with Gasteiger partial charge in [-0.2, -0.15) is 0 Å². The Hall–Kier alpha value is -1.12. The van der Waals surface area contributed by atoms with Crippen molar-refractivity contribution >= 4 is 11.3 Å². The minimum Gasteiger partial charge on any atom is -0.312 e. The first kappa shape index (κ1) is 13.3. The third kappa shape index (κ3) is 4.63. The van der Waals surface area contributed by atoms with Crippen LogP contribution in [0, 0.1) is 6.92 Å². The van der Waals surface area contributed by atoms with Crippen molar-refractivity contribution in [3.63, 3.8) is 0 Å². The highest BCUT2D eigenvalue weighted by molar-refractivity contribution is 7.11. The summed E-state index contributed by atoms with van der Waals surface area (Å²) in [5, 5.41) is 3.51. The van der Waals surface area contributed by atoms with Crippen molar-refractivity contribution in [1.82, 2.24) is 5.32 Å². The van der Waals surface area contributed by atoms with E-state index in [0.717, 1.165) is 13.1 Å². The smallest absolute Gasteiger partial charge is 0.0299 e. The molecule has 0 unspecified atom stereocenters. The van der Waals surface area contributed by atoms with E-state index in [1.807, 2.05) is 11.3 Å². The van der Waals surface area contributed by atoms with Crippen LogP contribution in [-0.4, -0.2) is 6.54 Å². The number of hydrogen-bond donors (Lipinski definition) is 1. The lowest BCUT2D eigenvalue weighted by molar-refractivity contribution is 0.626. The van der Waals surface area contributed by atoms with E-state index in [2.05, 4.69) is 54.7 Å². The summed E-state index contributed by atoms with van der Waals surface area (Å²) in [5.74, 6) is 0. The second-order valence-corrected chi connectivity index (χ2v) is 6.00. The van der Waals surface area contributed by atoms with Gasteiger partial charge in [0.1, 0.15) is 0 Å². The molecule has 2 aromatic rings. The number of unbranched alkanes of at least 4 members (excludes halogenated alkanes) is 1. The van der Waals surface area contributed by atoms with Crippen LogP contribution in [0.2, 0.25) is 0 Å². The van der Waals surface area contributed by atoms with Gasteiger partial charge in [0.25, 0.3) is 0 Å². The number of benzene rings is 1. The first-order valence-electron chi connectivity index (χ1n) is 6.64. The van der Waals surface area contributed by atoms with Gasteiger partial charge in [-0.05, 0) is 50.4 Å². The van der Waals surface area contributed by atoms with Crippen LogP contribution < -0.4 is 5.32 Å². The van der Waals surface area contributed by atoms with E-state index in [4.69, 9.17) is 0 Å². The molecule has 0 fully saturated rings. The summed E-state index contributed by atoms with van der Waals surface area (Å²) in [6, 6.07) is 15.1. The van der Waals surface area contributed by atoms with E-state index in [1.54, 1.807) is 0 Å². The monoisotopic (exact) mass is 259 g/mol. The molecule has 1 nitrogen and oxygen atoms in total. The summed E-state index contributed by atoms with van der Waals surface area (Å²) in [7, 11) is 0. The molecule has 0 aliphatic carbocycles. The van der Waals surface area contributed by atoms with Crippen molar-refractivity contribution in [1.29, 1.82) is 0 Å². The molecule has 0 amide bonds. The van der Waals surface area contributed by atoms with Gasteiger partial charge in [0.15, 0.2) is 0 Å². The Morgan fingerprint density at radius 1 is 1.00 bits per heavy atom. The predicted octanol–water partition coefficient (Wildman–Crippen LogP) is 4.17. The molecule has 96 valence electrons. The fraction of sp³-hybridized carbons (Fsp3) is 0.375. The standard InChI is InChI=1S/C16H21NS/c1-14-10-11-16(18-14)13-17-12-6-5-9-15-7-3-2-4-8-15/h2-4,7-8,10-11,17H,5-6,9,12-13H2,1H3. The molecule has 1 aromatic carbocycles. The molecule has 0 aliphatic heterocycles. The van der Waals surface area contributed by atoms with Gasteiger partial charge in [0, 0.05) is 16.3 Å². The maximum absolute atomic E-state index is 3.51. The molecule has 2 rings (SSSR count). The lowest BCUT2D eigenvalue weighted by Crippen LogP contribution is -2.13. The lowest BCUT2D eigenvalue weighted by atomic mass is 10.1. The van der Waals surface area contributed by atoms with Gasteiger partial charge >= 0.3 is 0 Å². The normalized spacial score (nSPS) is 10.7. The van der Waals surface area contributed by atoms with E-state index < -0.39 is 0 Å². The SMILES string of the molecule is Cc1ccc(CNCCCCc2ccccc2)s1. The third-order valence-electron chi connectivity index (χ3n) is 3.01. The average molecular weight is 259 g/mol. The van der Waals surface area contributed by atoms with Crippen LogP contribution in [0.5, 0.6) is 0 Å². The van der Waals surface area contributed by atoms with Gasteiger partial charge in [0.2, 0.25) is 0 Å². The Kier molecular flexibility index (Phi) is 5.43. The van der Waals surface area contributed by atoms with Crippen LogP contribution in [0.1, 0.15) is 28.2 Å². The molecule has 1 N–H and O–H groups in total. The largest absolute Gasteiger partial charge is 0.312 e. The summed E-state index contributed by atoms with van der Waals surface area (Å²) in [5.41, 5.74) is 1.45. The van der Waals surface area contributed by atoms with Crippen molar-refractivity contribution < 1.29 is 0 Å². The number of hydrogen-bond acceptors (Lipinski definition) is 2. The first-order valence-corrected chi connectivity index (χ1v) is 7.46. The van der Waals surface area contributed by atoms with Crippen LogP contribution in [-0.2, 0) is 13.0 Å². The molecular weight excluding hydrogens is 238 g/mol. The minimum atomic E-state index is 1.02. The Balaban J connectivity index is 1.54. The summed E-state index contributed by atoms with van der Waals surface area (Å²) >= 11 is 1.89. The van der Waals surface area contributed by atoms with Crippen LogP contribution in [0.25, 0.3) is 0 Å². The zero-order valence-electron chi connectivity index (χ0n) is 11.0. The van der Waals surface area contributed by atoms with Gasteiger partial charge in [-0.1, -0.05) is 30.3 Å². The first-order chi connectivity index (χ1) is 8.84. The summed E-state index contributed by atoms with van der Waals surface area (Å²) in [6.07, 6.45) is 3.71. The van der Waals surface area contributed by atoms with Crippen LogP contribution >= 0.6 is 11.3 Å². The van der Waals surface area contributed by atoms with Crippen molar-refractivity contribution in [3.05, 3.63) is 57.8 Å². The van der Waals surface area contributed by atoms with E-state index in [1.165, 1.54) is 34.6 Å². The van der Waals surface area contributed by atoms with Crippen molar-refractivity contribution in [2.24, 2.45) is 0 Å². The summed E-state index contributed by atoms with van der Waals surface area (Å²) in [4.78, 5) is 2.84. The van der Waals surface area contributed by atoms with Crippen molar-refractivity contribution in [3.8, 4) is 0 Å². The molecule has 0 bridgehead atoms. The highest BCUT2D eigenvalue weighted by Crippen LogP contribution is 2.14. The Morgan fingerprint density at radius 2 is 1.83 bits per heavy atom. The maximum Gasteiger partial charge on any atom is 0.0299 e. The average Bonchev–Trinajstić information content (AvgIpc) is 2.81. The van der Waals surface area contributed by atoms with E-state index in [-0.39, 0.29) is 0 Å². The van der Waals surface area contributed by atoms with Crippen LogP contribution in [0.15, 0.2) is 42.5 Å².